The number of rotatable bonds is 6. The zero-order valence-electron chi connectivity index (χ0n) is 16.5. The number of carbonyl (C=O) groups excluding carboxylic acids is 2. The Balaban J connectivity index is 0. The Morgan fingerprint density at radius 2 is 1.71 bits per heavy atom. The van der Waals surface area contributed by atoms with Gasteiger partial charge < -0.3 is 9.90 Å². The van der Waals surface area contributed by atoms with E-state index in [1.54, 1.807) is 0 Å². The molecule has 1 aromatic rings. The molecule has 0 saturated carbocycles. The molecule has 0 radical (unpaired) electrons. The molecule has 1 atom stereocenters. The van der Waals surface area contributed by atoms with Gasteiger partial charge in [-0.1, -0.05) is 41.5 Å². The lowest BCUT2D eigenvalue weighted by Crippen LogP contribution is -1.95. The molecule has 1 heterocycles. The number of aromatic hydroxyl groups is 1. The topological polar surface area (TPSA) is 67.3 Å². The van der Waals surface area contributed by atoms with Gasteiger partial charge in [0.1, 0.15) is 17.8 Å². The summed E-state index contributed by atoms with van der Waals surface area (Å²) in [5.74, 6) is 0.969. The van der Waals surface area contributed by atoms with Crippen molar-refractivity contribution in [2.24, 2.45) is 5.92 Å². The summed E-state index contributed by atoms with van der Waals surface area (Å²) in [5, 5.41) is 9.65. The fourth-order valence-corrected chi connectivity index (χ4v) is 1.73. The second kappa shape index (κ2) is 14.9. The molecule has 1 unspecified atom stereocenters. The first-order chi connectivity index (χ1) is 11.3. The molecule has 0 amide bonds. The summed E-state index contributed by atoms with van der Waals surface area (Å²) in [5.41, 5.74) is 2.93. The van der Waals surface area contributed by atoms with Gasteiger partial charge in [0, 0.05) is 30.5 Å². The van der Waals surface area contributed by atoms with Gasteiger partial charge in [-0.25, -0.2) is 0 Å². The first-order valence-electron chi connectivity index (χ1n) is 8.95. The van der Waals surface area contributed by atoms with Crippen LogP contribution in [-0.2, 0) is 22.4 Å². The van der Waals surface area contributed by atoms with E-state index in [1.165, 1.54) is 0 Å². The van der Waals surface area contributed by atoms with Crippen LogP contribution in [0, 0.1) is 12.8 Å². The molecule has 24 heavy (non-hydrogen) atoms. The van der Waals surface area contributed by atoms with Crippen LogP contribution < -0.4 is 0 Å². The molecule has 0 aromatic carbocycles. The van der Waals surface area contributed by atoms with Crippen molar-refractivity contribution in [3.05, 3.63) is 23.0 Å². The highest BCUT2D eigenvalue weighted by atomic mass is 16.3. The van der Waals surface area contributed by atoms with E-state index in [2.05, 4.69) is 11.9 Å². The quantitative estimate of drug-likeness (QED) is 0.755. The summed E-state index contributed by atoms with van der Waals surface area (Å²) in [6.45, 7) is 13.6. The van der Waals surface area contributed by atoms with Crippen LogP contribution in [0.2, 0.25) is 0 Å². The fraction of sp³-hybridized carbons (Fsp3) is 0.650. The van der Waals surface area contributed by atoms with Crippen LogP contribution in [0.5, 0.6) is 5.75 Å². The number of carbonyl (C=O) groups is 2. The standard InChI is InChI=1S/C10H15NO.2C5H10O/c1-4-8-6-11-7(3)10(12)9(8)5-2;1-3-5(2)4-6;1-3-5(6)4-2/h6,12H,4-5H2,1-3H3;4-5H,3H2,1-2H3;3-4H2,1-2H3. The van der Waals surface area contributed by atoms with Crippen LogP contribution in [0.1, 0.15) is 77.6 Å². The molecule has 4 nitrogen and oxygen atoms in total. The van der Waals surface area contributed by atoms with Gasteiger partial charge in [0.05, 0.1) is 5.69 Å². The molecule has 0 bridgehead atoms. The monoisotopic (exact) mass is 337 g/mol. The molecule has 1 N–H and O–H groups in total. The van der Waals surface area contributed by atoms with E-state index in [0.717, 1.165) is 42.4 Å². The first kappa shape index (κ1) is 24.5. The third kappa shape index (κ3) is 10.1. The Kier molecular flexibility index (Phi) is 15.2. The highest BCUT2D eigenvalue weighted by molar-refractivity contribution is 5.77. The van der Waals surface area contributed by atoms with Gasteiger partial charge in [-0.15, -0.1) is 0 Å². The minimum Gasteiger partial charge on any atom is -0.506 e. The number of aldehydes is 1. The maximum Gasteiger partial charge on any atom is 0.140 e. The van der Waals surface area contributed by atoms with Crippen LogP contribution in [-0.4, -0.2) is 22.2 Å². The van der Waals surface area contributed by atoms with Crippen LogP contribution >= 0.6 is 0 Å². The molecule has 0 saturated heterocycles. The van der Waals surface area contributed by atoms with Crippen molar-refractivity contribution in [2.45, 2.75) is 80.6 Å². The number of hydrogen-bond acceptors (Lipinski definition) is 4. The molecule has 0 fully saturated rings. The summed E-state index contributed by atoms with van der Waals surface area (Å²) in [6.07, 6.45) is 6.98. The van der Waals surface area contributed by atoms with Gasteiger partial charge in [0.25, 0.3) is 0 Å². The molecule has 0 aliphatic heterocycles. The van der Waals surface area contributed by atoms with Crippen molar-refractivity contribution >= 4 is 12.1 Å². The number of pyridine rings is 1. The highest BCUT2D eigenvalue weighted by Gasteiger charge is 2.07. The summed E-state index contributed by atoms with van der Waals surface area (Å²) >= 11 is 0. The predicted octanol–water partition coefficient (Wildman–Crippen LogP) is 4.83. The molecular weight excluding hydrogens is 302 g/mol. The van der Waals surface area contributed by atoms with Crippen molar-refractivity contribution in [1.29, 1.82) is 0 Å². The van der Waals surface area contributed by atoms with Gasteiger partial charge in [0.15, 0.2) is 0 Å². The zero-order chi connectivity index (χ0) is 19.1. The molecule has 4 heteroatoms. The van der Waals surface area contributed by atoms with E-state index in [1.807, 2.05) is 47.7 Å². The Morgan fingerprint density at radius 1 is 1.17 bits per heavy atom. The number of aromatic nitrogens is 1. The van der Waals surface area contributed by atoms with E-state index in [4.69, 9.17) is 0 Å². The van der Waals surface area contributed by atoms with Crippen molar-refractivity contribution in [2.75, 3.05) is 0 Å². The van der Waals surface area contributed by atoms with Crippen molar-refractivity contribution in [1.82, 2.24) is 4.98 Å². The van der Waals surface area contributed by atoms with Crippen molar-refractivity contribution < 1.29 is 14.7 Å². The lowest BCUT2D eigenvalue weighted by atomic mass is 10.0. The average Bonchev–Trinajstić information content (AvgIpc) is 2.63. The van der Waals surface area contributed by atoms with Crippen molar-refractivity contribution in [3.8, 4) is 5.75 Å². The molecule has 0 aliphatic carbocycles. The second-order valence-corrected chi connectivity index (χ2v) is 5.67. The summed E-state index contributed by atoms with van der Waals surface area (Å²) in [4.78, 5) is 24.0. The molecule has 1 rings (SSSR count). The van der Waals surface area contributed by atoms with Crippen LogP contribution in [0.3, 0.4) is 0 Å². The Hall–Kier alpha value is -1.71. The Morgan fingerprint density at radius 3 is 1.96 bits per heavy atom. The average molecular weight is 338 g/mol. The van der Waals surface area contributed by atoms with Gasteiger partial charge in [0.2, 0.25) is 0 Å². The summed E-state index contributed by atoms with van der Waals surface area (Å²) < 4.78 is 0. The lowest BCUT2D eigenvalue weighted by Gasteiger charge is -2.08. The third-order valence-electron chi connectivity index (χ3n) is 3.83. The SMILES string of the molecule is CCC(=O)CC.CCC(C)C=O.CCc1cnc(C)c(O)c1CC. The number of aryl methyl sites for hydroxylation is 2. The van der Waals surface area contributed by atoms with Gasteiger partial charge in [-0.3, -0.25) is 9.78 Å². The van der Waals surface area contributed by atoms with Crippen LogP contribution in [0.15, 0.2) is 6.20 Å². The maximum absolute atomic E-state index is 10.2. The molecule has 1 aromatic heterocycles. The Labute approximate surface area is 147 Å². The molecule has 138 valence electrons. The van der Waals surface area contributed by atoms with Crippen LogP contribution in [0.25, 0.3) is 0 Å². The first-order valence-corrected chi connectivity index (χ1v) is 8.95. The van der Waals surface area contributed by atoms with Gasteiger partial charge in [-0.05, 0) is 31.7 Å². The van der Waals surface area contributed by atoms with E-state index in [9.17, 15) is 14.7 Å². The second-order valence-electron chi connectivity index (χ2n) is 5.67. The number of nitrogens with zero attached hydrogens (tertiary/aromatic N) is 1. The zero-order valence-corrected chi connectivity index (χ0v) is 16.5. The summed E-state index contributed by atoms with van der Waals surface area (Å²) in [7, 11) is 0. The van der Waals surface area contributed by atoms with E-state index in [0.29, 0.717) is 24.4 Å². The maximum atomic E-state index is 10.2. The van der Waals surface area contributed by atoms with E-state index in [-0.39, 0.29) is 5.92 Å². The smallest absolute Gasteiger partial charge is 0.140 e. The minimum atomic E-state index is 0.255. The normalized spacial score (nSPS) is 10.6. The van der Waals surface area contributed by atoms with Crippen LogP contribution in [0.4, 0.5) is 0 Å². The summed E-state index contributed by atoms with van der Waals surface area (Å²) in [6, 6.07) is 0. The number of ketones is 1. The van der Waals surface area contributed by atoms with E-state index >= 15 is 0 Å². The fourth-order valence-electron chi connectivity index (χ4n) is 1.73. The minimum absolute atomic E-state index is 0.255. The molecule has 0 aliphatic rings. The largest absolute Gasteiger partial charge is 0.506 e. The third-order valence-corrected chi connectivity index (χ3v) is 3.83. The predicted molar refractivity (Wildman–Crippen MR) is 101 cm³/mol. The number of Topliss-reactive ketones (excluding diaryl/α,β-unsaturated/α-hetero) is 1. The molecular formula is C20H35NO3. The van der Waals surface area contributed by atoms with Crippen molar-refractivity contribution in [3.63, 3.8) is 0 Å². The highest BCUT2D eigenvalue weighted by Crippen LogP contribution is 2.24. The number of hydrogen-bond donors (Lipinski definition) is 1. The lowest BCUT2D eigenvalue weighted by molar-refractivity contribution is -0.118. The van der Waals surface area contributed by atoms with Gasteiger partial charge in [-0.2, -0.15) is 0 Å². The molecule has 0 spiro atoms. The van der Waals surface area contributed by atoms with Gasteiger partial charge >= 0.3 is 0 Å². The van der Waals surface area contributed by atoms with E-state index < -0.39 is 0 Å². The Bertz CT molecular complexity index is 478.